The lowest BCUT2D eigenvalue weighted by Gasteiger charge is -1.80. The average molecular weight is 112 g/mol. The first-order chi connectivity index (χ1) is 3.30. The van der Waals surface area contributed by atoms with Crippen LogP contribution in [0, 0.1) is 12.3 Å². The fourth-order valence-corrected chi connectivity index (χ4v) is 0.976. The van der Waals surface area contributed by atoms with E-state index < -0.39 is 0 Å². The van der Waals surface area contributed by atoms with Gasteiger partial charge in [-0.05, 0) is 17.9 Å². The number of thiophene rings is 1. The molecule has 0 fully saturated rings. The van der Waals surface area contributed by atoms with Crippen molar-refractivity contribution in [1.82, 2.24) is 0 Å². The third kappa shape index (κ3) is 0.747. The highest BCUT2D eigenvalue weighted by Crippen LogP contribution is 2.12. The number of anilines is 1. The largest absolute Gasteiger partial charge is 0.397 e. The predicted octanol–water partition coefficient (Wildman–Crippen LogP) is 1.44. The van der Waals surface area contributed by atoms with Crippen molar-refractivity contribution in [3.05, 3.63) is 16.3 Å². The predicted molar refractivity (Wildman–Crippen MR) is 32.3 cm³/mol. The topological polar surface area (TPSA) is 26.0 Å². The molecule has 1 radical (unpaired) electrons. The molecule has 7 heavy (non-hydrogen) atoms. The molecule has 2 N–H and O–H groups in total. The molecule has 0 aliphatic rings. The summed E-state index contributed by atoms with van der Waals surface area (Å²) >= 11 is 1.52. The Hall–Kier alpha value is -0.500. The van der Waals surface area contributed by atoms with Gasteiger partial charge >= 0.3 is 0 Å². The van der Waals surface area contributed by atoms with Crippen LogP contribution < -0.4 is 5.73 Å². The summed E-state index contributed by atoms with van der Waals surface area (Å²) in [6.07, 6.45) is 0. The third-order valence-electron chi connectivity index (χ3n) is 0.829. The molecule has 0 saturated heterocycles. The lowest BCUT2D eigenvalue weighted by Crippen LogP contribution is -1.80. The van der Waals surface area contributed by atoms with E-state index in [-0.39, 0.29) is 0 Å². The summed E-state index contributed by atoms with van der Waals surface area (Å²) in [6.45, 7) is 1.97. The molecule has 1 rings (SSSR count). The molecule has 0 saturated carbocycles. The molecule has 0 amide bonds. The molecule has 0 atom stereocenters. The van der Waals surface area contributed by atoms with E-state index in [0.717, 1.165) is 11.3 Å². The van der Waals surface area contributed by atoms with Crippen LogP contribution in [0.3, 0.4) is 0 Å². The minimum absolute atomic E-state index is 0.782. The van der Waals surface area contributed by atoms with E-state index in [2.05, 4.69) is 5.38 Å². The van der Waals surface area contributed by atoms with Gasteiger partial charge in [0.2, 0.25) is 0 Å². The number of hydrogen-bond donors (Lipinski definition) is 1. The van der Waals surface area contributed by atoms with Gasteiger partial charge in [0.05, 0.1) is 11.1 Å². The monoisotopic (exact) mass is 112 g/mol. The molecule has 0 spiro atoms. The lowest BCUT2D eigenvalue weighted by molar-refractivity contribution is 1.55. The molecule has 37 valence electrons. The van der Waals surface area contributed by atoms with Crippen molar-refractivity contribution < 1.29 is 0 Å². The van der Waals surface area contributed by atoms with Crippen LogP contribution in [0.25, 0.3) is 0 Å². The summed E-state index contributed by atoms with van der Waals surface area (Å²) in [4.78, 5) is 0. The molecule has 0 bridgehead atoms. The zero-order valence-electron chi connectivity index (χ0n) is 4.06. The second kappa shape index (κ2) is 1.54. The summed E-state index contributed by atoms with van der Waals surface area (Å²) in [6, 6.07) is 0. The number of hydrogen-bond acceptors (Lipinski definition) is 2. The molecule has 0 unspecified atom stereocenters. The molecule has 0 aliphatic carbocycles. The molecule has 1 aromatic rings. The lowest BCUT2D eigenvalue weighted by atomic mass is 10.3. The third-order valence-corrected chi connectivity index (χ3v) is 1.64. The maximum atomic E-state index is 5.39. The van der Waals surface area contributed by atoms with E-state index >= 15 is 0 Å². The van der Waals surface area contributed by atoms with Gasteiger partial charge in [-0.25, -0.2) is 0 Å². The summed E-state index contributed by atoms with van der Waals surface area (Å²) < 4.78 is 0. The number of nitrogen functional groups attached to an aromatic ring is 1. The highest BCUT2D eigenvalue weighted by Gasteiger charge is 1.88. The molecule has 1 nitrogen and oxygen atoms in total. The van der Waals surface area contributed by atoms with Gasteiger partial charge in [0.1, 0.15) is 0 Å². The Kier molecular flexibility index (Phi) is 1.02. The van der Waals surface area contributed by atoms with Crippen LogP contribution >= 0.6 is 11.3 Å². The first-order valence-electron chi connectivity index (χ1n) is 2.02. The van der Waals surface area contributed by atoms with Gasteiger partial charge in [-0.2, -0.15) is 0 Å². The highest BCUT2D eigenvalue weighted by molar-refractivity contribution is 7.07. The van der Waals surface area contributed by atoms with E-state index in [4.69, 9.17) is 5.73 Å². The summed E-state index contributed by atoms with van der Waals surface area (Å²) in [7, 11) is 0. The van der Waals surface area contributed by atoms with Gasteiger partial charge in [0.25, 0.3) is 0 Å². The Morgan fingerprint density at radius 2 is 2.57 bits per heavy atom. The van der Waals surface area contributed by atoms with Crippen LogP contribution in [-0.2, 0) is 0 Å². The first-order valence-corrected chi connectivity index (χ1v) is 2.90. The maximum Gasteiger partial charge on any atom is 0.0695 e. The standard InChI is InChI=1S/C5H6NS/c1-4-2-7-3-5(4)6/h2H,6H2,1H3. The summed E-state index contributed by atoms with van der Waals surface area (Å²) in [5.74, 6) is 0. The SMILES string of the molecule is Cc1cs[c]c1N. The quantitative estimate of drug-likeness (QED) is 0.540. The zero-order valence-corrected chi connectivity index (χ0v) is 4.88. The van der Waals surface area contributed by atoms with Gasteiger partial charge in [-0.3, -0.25) is 0 Å². The Morgan fingerprint density at radius 3 is 2.71 bits per heavy atom. The van der Waals surface area contributed by atoms with Crippen molar-refractivity contribution in [3.8, 4) is 0 Å². The second-order valence-electron chi connectivity index (χ2n) is 1.43. The van der Waals surface area contributed by atoms with Gasteiger partial charge in [-0.1, -0.05) is 0 Å². The molecular weight excluding hydrogens is 106 g/mol. The fourth-order valence-electron chi connectivity index (χ4n) is 0.325. The molecule has 1 aromatic heterocycles. The molecule has 0 aromatic carbocycles. The zero-order chi connectivity index (χ0) is 5.28. The Bertz CT molecular complexity index is 140. The van der Waals surface area contributed by atoms with Crippen LogP contribution in [0.5, 0.6) is 0 Å². The number of nitrogens with two attached hydrogens (primary N) is 1. The van der Waals surface area contributed by atoms with Crippen molar-refractivity contribution >= 4 is 17.0 Å². The van der Waals surface area contributed by atoms with Gasteiger partial charge in [0.15, 0.2) is 0 Å². The van der Waals surface area contributed by atoms with Crippen molar-refractivity contribution in [2.45, 2.75) is 6.92 Å². The van der Waals surface area contributed by atoms with E-state index in [1.165, 1.54) is 11.3 Å². The fraction of sp³-hybridized carbons (Fsp3) is 0.200. The minimum atomic E-state index is 0.782. The van der Waals surface area contributed by atoms with Crippen molar-refractivity contribution in [2.75, 3.05) is 5.73 Å². The van der Waals surface area contributed by atoms with Crippen LogP contribution in [0.4, 0.5) is 5.69 Å². The van der Waals surface area contributed by atoms with Crippen LogP contribution in [-0.4, -0.2) is 0 Å². The van der Waals surface area contributed by atoms with Crippen LogP contribution in [0.1, 0.15) is 5.56 Å². The average Bonchev–Trinajstić information content (AvgIpc) is 1.91. The van der Waals surface area contributed by atoms with Gasteiger partial charge in [0, 0.05) is 0 Å². The number of rotatable bonds is 0. The smallest absolute Gasteiger partial charge is 0.0695 e. The van der Waals surface area contributed by atoms with Crippen molar-refractivity contribution in [1.29, 1.82) is 0 Å². The van der Waals surface area contributed by atoms with E-state index in [0.29, 0.717) is 0 Å². The Morgan fingerprint density at radius 1 is 1.86 bits per heavy atom. The molecule has 2 heteroatoms. The summed E-state index contributed by atoms with van der Waals surface area (Å²) in [5.41, 5.74) is 7.31. The first kappa shape index (κ1) is 4.65. The van der Waals surface area contributed by atoms with Gasteiger partial charge < -0.3 is 5.73 Å². The molecule has 0 aliphatic heterocycles. The normalized spacial score (nSPS) is 9.29. The van der Waals surface area contributed by atoms with Crippen LogP contribution in [0.2, 0.25) is 0 Å². The number of aryl methyl sites for hydroxylation is 1. The van der Waals surface area contributed by atoms with E-state index in [1.54, 1.807) is 0 Å². The minimum Gasteiger partial charge on any atom is -0.397 e. The maximum absolute atomic E-state index is 5.39. The van der Waals surface area contributed by atoms with Crippen molar-refractivity contribution in [2.24, 2.45) is 0 Å². The van der Waals surface area contributed by atoms with Crippen molar-refractivity contribution in [3.63, 3.8) is 0 Å². The van der Waals surface area contributed by atoms with Gasteiger partial charge in [-0.15, -0.1) is 11.3 Å². The van der Waals surface area contributed by atoms with Crippen LogP contribution in [0.15, 0.2) is 5.38 Å². The molecular formula is C5H6NS. The Balaban J connectivity index is 3.12. The molecule has 1 heterocycles. The summed E-state index contributed by atoms with van der Waals surface area (Å²) in [5, 5.41) is 4.87. The van der Waals surface area contributed by atoms with E-state index in [9.17, 15) is 0 Å². The highest BCUT2D eigenvalue weighted by atomic mass is 32.1. The van der Waals surface area contributed by atoms with E-state index in [1.807, 2.05) is 12.3 Å². The Labute approximate surface area is 46.8 Å². The second-order valence-corrected chi connectivity index (χ2v) is 2.11.